The summed E-state index contributed by atoms with van der Waals surface area (Å²) in [5, 5.41) is 22.2. The van der Waals surface area contributed by atoms with Crippen molar-refractivity contribution in [1.82, 2.24) is 4.98 Å². The number of methoxy groups -OCH3 is 2. The Bertz CT molecular complexity index is 1900. The predicted octanol–water partition coefficient (Wildman–Crippen LogP) is 4.84. The van der Waals surface area contributed by atoms with Crippen LogP contribution in [0.15, 0.2) is 87.6 Å². The highest BCUT2D eigenvalue weighted by Crippen LogP contribution is 2.45. The fraction of sp³-hybridized carbons (Fsp3) is 0.138. The van der Waals surface area contributed by atoms with Gasteiger partial charge in [-0.25, -0.2) is 13.4 Å². The number of ketones is 1. The first-order valence-corrected chi connectivity index (χ1v) is 14.8. The van der Waals surface area contributed by atoms with E-state index in [0.29, 0.717) is 34.0 Å². The first-order valence-electron chi connectivity index (χ1n) is 12.5. The molecule has 43 heavy (non-hydrogen) atoms. The molecule has 0 radical (unpaired) electrons. The largest absolute Gasteiger partial charge is 0.507 e. The average molecular weight is 622 g/mol. The van der Waals surface area contributed by atoms with Crippen LogP contribution < -0.4 is 14.4 Å². The lowest BCUT2D eigenvalue weighted by molar-refractivity contribution is -0.384. The maximum absolute atomic E-state index is 13.5. The lowest BCUT2D eigenvalue weighted by Crippen LogP contribution is -2.29. The molecule has 1 aliphatic rings. The predicted molar refractivity (Wildman–Crippen MR) is 156 cm³/mol. The number of non-ortho nitro benzene ring substituents is 1. The molecule has 1 aliphatic heterocycles. The molecule has 12 nitrogen and oxygen atoms in total. The van der Waals surface area contributed by atoms with Crippen LogP contribution in [0.4, 0.5) is 10.8 Å². The molecule has 1 aromatic heterocycles. The van der Waals surface area contributed by atoms with Crippen molar-refractivity contribution in [2.24, 2.45) is 0 Å². The van der Waals surface area contributed by atoms with Crippen molar-refractivity contribution in [3.05, 3.63) is 105 Å². The Morgan fingerprint density at radius 3 is 2.26 bits per heavy atom. The van der Waals surface area contributed by atoms with Crippen molar-refractivity contribution in [3.63, 3.8) is 0 Å². The second-order valence-electron chi connectivity index (χ2n) is 9.37. The van der Waals surface area contributed by atoms with Crippen LogP contribution in [0.3, 0.4) is 0 Å². The molecule has 0 saturated carbocycles. The standard InChI is InChI=1S/C29H23N3O9S2/c1-16-4-6-17(7-5-16)26(33)24-25(18-8-13-21(40-2)22(14-18)41-3)31(28(35)27(24)34)29-30-15-23(42-29)43(38,39)20-11-9-19(10-12-20)32(36)37/h4-15,25,33H,1-3H3/t25-/m1/s1. The summed E-state index contributed by atoms with van der Waals surface area (Å²) in [6, 6.07) is 14.6. The van der Waals surface area contributed by atoms with Gasteiger partial charge in [-0.1, -0.05) is 47.2 Å². The summed E-state index contributed by atoms with van der Waals surface area (Å²) in [6.45, 7) is 1.86. The molecule has 1 saturated heterocycles. The van der Waals surface area contributed by atoms with E-state index in [-0.39, 0.29) is 25.5 Å². The van der Waals surface area contributed by atoms with Crippen LogP contribution in [0.1, 0.15) is 22.7 Å². The van der Waals surface area contributed by atoms with Crippen LogP contribution in [-0.2, 0) is 19.4 Å². The number of aromatic nitrogens is 1. The van der Waals surface area contributed by atoms with Gasteiger partial charge in [0.05, 0.1) is 41.9 Å². The van der Waals surface area contributed by atoms with Gasteiger partial charge in [0.25, 0.3) is 11.5 Å². The number of anilines is 1. The van der Waals surface area contributed by atoms with Gasteiger partial charge in [0.2, 0.25) is 9.84 Å². The second-order valence-corrected chi connectivity index (χ2v) is 12.6. The number of benzene rings is 3. The number of thiazole rings is 1. The molecule has 0 unspecified atom stereocenters. The smallest absolute Gasteiger partial charge is 0.301 e. The third-order valence-corrected chi connectivity index (χ3v) is 10.0. The van der Waals surface area contributed by atoms with Crippen molar-refractivity contribution in [3.8, 4) is 11.5 Å². The number of aliphatic hydroxyl groups excluding tert-OH is 1. The number of carbonyl (C=O) groups is 2. The summed E-state index contributed by atoms with van der Waals surface area (Å²) in [5.74, 6) is -1.76. The molecule has 2 heterocycles. The van der Waals surface area contributed by atoms with Crippen LogP contribution in [0.2, 0.25) is 0 Å². The number of aryl methyl sites for hydroxylation is 1. The van der Waals surface area contributed by atoms with E-state index in [1.807, 2.05) is 6.92 Å². The van der Waals surface area contributed by atoms with Crippen LogP contribution in [0, 0.1) is 17.0 Å². The number of ether oxygens (including phenoxy) is 2. The number of nitrogens with zero attached hydrogens (tertiary/aromatic N) is 3. The molecule has 1 amide bonds. The molecule has 220 valence electrons. The number of Topliss-reactive ketones (excluding diaryl/α,β-unsaturated/α-hetero) is 1. The summed E-state index contributed by atoms with van der Waals surface area (Å²) in [5.41, 5.74) is 1.07. The highest BCUT2D eigenvalue weighted by atomic mass is 32.2. The van der Waals surface area contributed by atoms with Crippen LogP contribution >= 0.6 is 11.3 Å². The van der Waals surface area contributed by atoms with Crippen molar-refractivity contribution in [2.75, 3.05) is 19.1 Å². The topological polar surface area (TPSA) is 166 Å². The lowest BCUT2D eigenvalue weighted by Gasteiger charge is -2.23. The van der Waals surface area contributed by atoms with E-state index in [1.165, 1.54) is 14.2 Å². The zero-order valence-corrected chi connectivity index (χ0v) is 24.5. The van der Waals surface area contributed by atoms with Crippen molar-refractivity contribution in [1.29, 1.82) is 0 Å². The van der Waals surface area contributed by atoms with Crippen molar-refractivity contribution in [2.45, 2.75) is 22.1 Å². The Morgan fingerprint density at radius 1 is 1.00 bits per heavy atom. The number of amides is 1. The second kappa shape index (κ2) is 11.3. The quantitative estimate of drug-likeness (QED) is 0.0946. The molecule has 4 aromatic rings. The molecule has 1 fully saturated rings. The fourth-order valence-corrected chi connectivity index (χ4v) is 7.13. The number of nitro groups is 1. The highest BCUT2D eigenvalue weighted by molar-refractivity contribution is 7.93. The first kappa shape index (κ1) is 29.4. The third kappa shape index (κ3) is 5.21. The van der Waals surface area contributed by atoms with E-state index in [4.69, 9.17) is 9.47 Å². The van der Waals surface area contributed by atoms with Gasteiger partial charge in [0, 0.05) is 17.7 Å². The molecule has 0 aliphatic carbocycles. The normalized spacial score (nSPS) is 16.3. The average Bonchev–Trinajstić information content (AvgIpc) is 3.60. The van der Waals surface area contributed by atoms with Gasteiger partial charge in [0.15, 0.2) is 16.6 Å². The summed E-state index contributed by atoms with van der Waals surface area (Å²) >= 11 is 0.636. The van der Waals surface area contributed by atoms with E-state index < -0.39 is 38.3 Å². The van der Waals surface area contributed by atoms with Gasteiger partial charge < -0.3 is 14.6 Å². The number of rotatable bonds is 8. The number of carbonyl (C=O) groups excluding carboxylic acids is 2. The van der Waals surface area contributed by atoms with Gasteiger partial charge in [-0.15, -0.1) is 0 Å². The minimum Gasteiger partial charge on any atom is -0.507 e. The van der Waals surface area contributed by atoms with Gasteiger partial charge >= 0.3 is 5.91 Å². The van der Waals surface area contributed by atoms with Crippen molar-refractivity contribution >= 4 is 49.4 Å². The van der Waals surface area contributed by atoms with Crippen molar-refractivity contribution < 1.29 is 37.5 Å². The van der Waals surface area contributed by atoms with Crippen LogP contribution in [-0.4, -0.2) is 49.3 Å². The fourth-order valence-electron chi connectivity index (χ4n) is 4.58. The maximum atomic E-state index is 13.5. The van der Waals surface area contributed by atoms with E-state index in [9.17, 15) is 33.2 Å². The van der Waals surface area contributed by atoms with Crippen LogP contribution in [0.5, 0.6) is 11.5 Å². The third-order valence-electron chi connectivity index (χ3n) is 6.79. The highest BCUT2D eigenvalue weighted by Gasteiger charge is 2.48. The molecule has 1 atom stereocenters. The summed E-state index contributed by atoms with van der Waals surface area (Å²) in [6.07, 6.45) is 1.04. The van der Waals surface area contributed by atoms with E-state index >= 15 is 0 Å². The van der Waals surface area contributed by atoms with Gasteiger partial charge in [-0.05, 0) is 36.8 Å². The summed E-state index contributed by atoms with van der Waals surface area (Å²) < 4.78 is 37.1. The molecule has 1 N–H and O–H groups in total. The molecule has 0 spiro atoms. The Hall–Kier alpha value is -5.08. The molecule has 3 aromatic carbocycles. The zero-order chi connectivity index (χ0) is 31.1. The number of sulfone groups is 1. The van der Waals surface area contributed by atoms with Gasteiger partial charge in [0.1, 0.15) is 9.97 Å². The molecule has 14 heteroatoms. The summed E-state index contributed by atoms with van der Waals surface area (Å²) in [4.78, 5) is 42.3. The SMILES string of the molecule is COc1ccc([C@@H]2C(=C(O)c3ccc(C)cc3)C(=O)C(=O)N2c2ncc(S(=O)(=O)c3ccc([N+](=O)[O-])cc3)s2)cc1OC. The molecular formula is C29H23N3O9S2. The zero-order valence-electron chi connectivity index (χ0n) is 22.9. The molecular weight excluding hydrogens is 598 g/mol. The Balaban J connectivity index is 1.65. The van der Waals surface area contributed by atoms with E-state index in [1.54, 1.807) is 42.5 Å². The van der Waals surface area contributed by atoms with E-state index in [2.05, 4.69) is 4.98 Å². The van der Waals surface area contributed by atoms with Crippen LogP contribution in [0.25, 0.3) is 5.76 Å². The van der Waals surface area contributed by atoms with Gasteiger partial charge in [-0.2, -0.15) is 0 Å². The summed E-state index contributed by atoms with van der Waals surface area (Å²) in [7, 11) is -1.32. The Morgan fingerprint density at radius 2 is 1.65 bits per heavy atom. The maximum Gasteiger partial charge on any atom is 0.301 e. The minimum absolute atomic E-state index is 0.120. The number of nitro benzene ring substituents is 1. The number of hydrogen-bond donors (Lipinski definition) is 1. The number of aliphatic hydroxyl groups is 1. The van der Waals surface area contributed by atoms with E-state index in [0.717, 1.165) is 40.9 Å². The first-order chi connectivity index (χ1) is 20.5. The number of hydrogen-bond acceptors (Lipinski definition) is 11. The molecule has 5 rings (SSSR count). The lowest BCUT2D eigenvalue weighted by atomic mass is 9.95. The minimum atomic E-state index is -4.19. The Kier molecular flexibility index (Phi) is 7.73. The molecule has 0 bridgehead atoms. The van der Waals surface area contributed by atoms with Gasteiger partial charge in [-0.3, -0.25) is 24.6 Å². The monoisotopic (exact) mass is 621 g/mol. The Labute approximate surface area is 249 Å².